The summed E-state index contributed by atoms with van der Waals surface area (Å²) in [5.41, 5.74) is 5.05. The van der Waals surface area contributed by atoms with Crippen LogP contribution in [-0.2, 0) is 21.7 Å². The summed E-state index contributed by atoms with van der Waals surface area (Å²) in [4.78, 5) is 0. The Bertz CT molecular complexity index is 650. The fourth-order valence-electron chi connectivity index (χ4n) is 4.16. The van der Waals surface area contributed by atoms with Gasteiger partial charge in [0.05, 0.1) is 0 Å². The molecule has 0 amide bonds. The molecule has 0 aromatic carbocycles. The molecule has 0 N–H and O–H groups in total. The minimum atomic E-state index is -1.39. The third kappa shape index (κ3) is 16.2. The predicted molar refractivity (Wildman–Crippen MR) is 143 cm³/mol. The average Bonchev–Trinajstić information content (AvgIpc) is 3.00. The van der Waals surface area contributed by atoms with Crippen molar-refractivity contribution in [2.75, 3.05) is 18.5 Å². The second kappa shape index (κ2) is 13.6. The zero-order chi connectivity index (χ0) is 23.8. The molecule has 3 heteroatoms. The van der Waals surface area contributed by atoms with E-state index < -0.39 is 7.05 Å². The van der Waals surface area contributed by atoms with Crippen LogP contribution >= 0.6 is 7.05 Å². The first-order valence-electron chi connectivity index (χ1n) is 11.6. The van der Waals surface area contributed by atoms with Crippen molar-refractivity contribution in [1.82, 2.24) is 0 Å². The molecule has 1 aliphatic rings. The van der Waals surface area contributed by atoms with Crippen LogP contribution < -0.4 is 0 Å². The fraction of sp³-hybridized carbons (Fsp3) is 0.714. The molecular weight excluding hydrogens is 429 g/mol. The Hall–Kier alpha value is -0.0957. The summed E-state index contributed by atoms with van der Waals surface area (Å²) in [5.74, 6) is 0. The molecule has 0 saturated heterocycles. The van der Waals surface area contributed by atoms with E-state index in [1.165, 1.54) is 35.3 Å². The fourth-order valence-corrected chi connectivity index (χ4v) is 10.7. The van der Waals surface area contributed by atoms with E-state index in [0.29, 0.717) is 16.2 Å². The van der Waals surface area contributed by atoms with E-state index in [-0.39, 0.29) is 21.7 Å². The Balaban J connectivity index is 0. The van der Waals surface area contributed by atoms with Crippen molar-refractivity contribution in [2.24, 2.45) is 21.0 Å². The van der Waals surface area contributed by atoms with Gasteiger partial charge in [-0.1, -0.05) is 97.8 Å². The van der Waals surface area contributed by atoms with E-state index >= 15 is 0 Å². The molecule has 0 aliphatic heterocycles. The first-order chi connectivity index (χ1) is 13.4. The molecule has 0 bridgehead atoms. The SMILES string of the molecule is CC(C)(C)CP(CC(C)(C)C)(CC(C)(C)C)=NC1=CC=CC1.CC=C(C)C(C)=CC.[Ti]. The third-order valence-electron chi connectivity index (χ3n) is 4.89. The Morgan fingerprint density at radius 2 is 1.16 bits per heavy atom. The van der Waals surface area contributed by atoms with Crippen LogP contribution in [0.3, 0.4) is 0 Å². The predicted octanol–water partition coefficient (Wildman–Crippen LogP) is 10.1. The van der Waals surface area contributed by atoms with Crippen molar-refractivity contribution in [3.8, 4) is 0 Å². The maximum absolute atomic E-state index is 5.47. The van der Waals surface area contributed by atoms with Gasteiger partial charge < -0.3 is 0 Å². The zero-order valence-corrected chi connectivity index (χ0v) is 25.6. The standard InChI is InChI=1S/C20H38NP.C8H14.Ti/c1-18(2,3)14-22(15-19(4,5)6,16-20(7,8)9)21-17-12-10-11-13-17;1-5-7(3)8(4)6-2;/h10-12H,13-16H2,1-9H3;5-6H,1-4H3;. The summed E-state index contributed by atoms with van der Waals surface area (Å²) in [6, 6.07) is 0. The smallest absolute Gasteiger partial charge is 0.0425 e. The molecular formula is C28H52NPTi. The minimum absolute atomic E-state index is 0. The molecule has 0 aromatic rings. The van der Waals surface area contributed by atoms with Crippen molar-refractivity contribution < 1.29 is 21.7 Å². The van der Waals surface area contributed by atoms with E-state index in [0.717, 1.165) is 6.42 Å². The van der Waals surface area contributed by atoms with Gasteiger partial charge in [-0.25, -0.2) is 0 Å². The molecule has 0 fully saturated rings. The van der Waals surface area contributed by atoms with Crippen molar-refractivity contribution in [1.29, 1.82) is 0 Å². The summed E-state index contributed by atoms with van der Waals surface area (Å²) in [7, 11) is -1.39. The summed E-state index contributed by atoms with van der Waals surface area (Å²) in [6.07, 6.45) is 15.7. The summed E-state index contributed by atoms with van der Waals surface area (Å²) < 4.78 is 5.47. The molecule has 0 spiro atoms. The molecule has 0 atom stereocenters. The van der Waals surface area contributed by atoms with E-state index in [4.69, 9.17) is 4.74 Å². The summed E-state index contributed by atoms with van der Waals surface area (Å²) >= 11 is 0. The van der Waals surface area contributed by atoms with E-state index in [1.54, 1.807) is 0 Å². The molecule has 0 radical (unpaired) electrons. The van der Waals surface area contributed by atoms with Crippen LogP contribution in [0.15, 0.2) is 52.0 Å². The van der Waals surface area contributed by atoms with Gasteiger partial charge in [0, 0.05) is 33.8 Å². The maximum Gasteiger partial charge on any atom is 0.0425 e. The second-order valence-electron chi connectivity index (χ2n) is 12.6. The van der Waals surface area contributed by atoms with Gasteiger partial charge in [0.25, 0.3) is 0 Å². The average molecular weight is 482 g/mol. The van der Waals surface area contributed by atoms with Gasteiger partial charge in [-0.15, -0.1) is 0 Å². The molecule has 1 rings (SSSR count). The molecule has 1 nitrogen and oxygen atoms in total. The number of nitrogens with zero attached hydrogens (tertiary/aromatic N) is 1. The van der Waals surface area contributed by atoms with Crippen LogP contribution in [0.5, 0.6) is 0 Å². The molecule has 31 heavy (non-hydrogen) atoms. The van der Waals surface area contributed by atoms with Crippen LogP contribution in [0.1, 0.15) is 96.4 Å². The van der Waals surface area contributed by atoms with Crippen LogP contribution in [0, 0.1) is 16.2 Å². The second-order valence-corrected chi connectivity index (χ2v) is 15.9. The van der Waals surface area contributed by atoms with Crippen LogP contribution in [0.4, 0.5) is 0 Å². The molecule has 0 unspecified atom stereocenters. The Kier molecular flexibility index (Phi) is 14.5. The first kappa shape index (κ1) is 33.1. The Morgan fingerprint density at radius 3 is 1.39 bits per heavy atom. The Morgan fingerprint density at radius 1 is 0.806 bits per heavy atom. The van der Waals surface area contributed by atoms with E-state index in [1.807, 2.05) is 0 Å². The minimum Gasteiger partial charge on any atom is -0.272 e. The number of allylic oxidation sites excluding steroid dienone is 7. The largest absolute Gasteiger partial charge is 0.272 e. The summed E-state index contributed by atoms with van der Waals surface area (Å²) in [5, 5.41) is 0. The van der Waals surface area contributed by atoms with Gasteiger partial charge in [-0.3, -0.25) is 4.74 Å². The van der Waals surface area contributed by atoms with Crippen molar-refractivity contribution in [3.05, 3.63) is 47.2 Å². The van der Waals surface area contributed by atoms with Crippen LogP contribution in [0.2, 0.25) is 0 Å². The summed E-state index contributed by atoms with van der Waals surface area (Å²) in [6.45, 7) is 29.8. The van der Waals surface area contributed by atoms with Gasteiger partial charge in [-0.2, -0.15) is 0 Å². The normalized spacial score (nSPS) is 15.7. The maximum atomic E-state index is 5.47. The zero-order valence-electron chi connectivity index (χ0n) is 23.1. The Labute approximate surface area is 211 Å². The van der Waals surface area contributed by atoms with Crippen molar-refractivity contribution >= 4 is 7.05 Å². The molecule has 1 aliphatic carbocycles. The molecule has 0 heterocycles. The van der Waals surface area contributed by atoms with Gasteiger partial charge in [-0.05, 0) is 75.6 Å². The van der Waals surface area contributed by atoms with E-state index in [2.05, 4.69) is 120 Å². The van der Waals surface area contributed by atoms with Crippen LogP contribution in [0.25, 0.3) is 0 Å². The van der Waals surface area contributed by atoms with Gasteiger partial charge in [0.1, 0.15) is 0 Å². The van der Waals surface area contributed by atoms with E-state index in [9.17, 15) is 0 Å². The third-order valence-corrected chi connectivity index (χ3v) is 10.2. The van der Waals surface area contributed by atoms with Gasteiger partial charge in [0.15, 0.2) is 0 Å². The van der Waals surface area contributed by atoms with Gasteiger partial charge >= 0.3 is 0 Å². The molecule has 178 valence electrons. The number of hydrogen-bond acceptors (Lipinski definition) is 1. The van der Waals surface area contributed by atoms with Crippen molar-refractivity contribution in [2.45, 2.75) is 96.4 Å². The number of rotatable bonds is 5. The topological polar surface area (TPSA) is 12.4 Å². The number of hydrogen-bond donors (Lipinski definition) is 0. The van der Waals surface area contributed by atoms with Crippen molar-refractivity contribution in [3.63, 3.8) is 0 Å². The monoisotopic (exact) mass is 481 g/mol. The molecule has 0 saturated carbocycles. The molecule has 0 aromatic heterocycles. The van der Waals surface area contributed by atoms with Crippen LogP contribution in [-0.4, -0.2) is 18.5 Å². The van der Waals surface area contributed by atoms with Gasteiger partial charge in [0.2, 0.25) is 0 Å². The quantitative estimate of drug-likeness (QED) is 0.210. The first-order valence-corrected chi connectivity index (χ1v) is 13.9.